The van der Waals surface area contributed by atoms with Crippen molar-refractivity contribution in [1.82, 2.24) is 4.98 Å². The van der Waals surface area contributed by atoms with Gasteiger partial charge in [0.2, 0.25) is 0 Å². The van der Waals surface area contributed by atoms with Crippen molar-refractivity contribution in [1.29, 1.82) is 0 Å². The molecule has 2 aromatic rings. The summed E-state index contributed by atoms with van der Waals surface area (Å²) >= 11 is 7.47. The van der Waals surface area contributed by atoms with Crippen molar-refractivity contribution in [3.63, 3.8) is 0 Å². The second-order valence-electron chi connectivity index (χ2n) is 4.24. The Morgan fingerprint density at radius 2 is 1.94 bits per heavy atom. The van der Waals surface area contributed by atoms with E-state index in [0.717, 1.165) is 21.4 Å². The number of rotatable bonds is 4. The molecule has 94 valence electrons. The fourth-order valence-electron chi connectivity index (χ4n) is 1.59. The molecular formula is C14H15ClN2S. The van der Waals surface area contributed by atoms with E-state index in [9.17, 15) is 0 Å². The highest BCUT2D eigenvalue weighted by Gasteiger charge is 2.01. The zero-order valence-corrected chi connectivity index (χ0v) is 11.7. The zero-order valence-electron chi connectivity index (χ0n) is 10.1. The van der Waals surface area contributed by atoms with Gasteiger partial charge in [0.05, 0.1) is 0 Å². The van der Waals surface area contributed by atoms with Crippen LogP contribution in [0.3, 0.4) is 0 Å². The number of hydrogen-bond donors (Lipinski definition) is 1. The second kappa shape index (κ2) is 6.23. The van der Waals surface area contributed by atoms with Crippen LogP contribution in [0.15, 0.2) is 52.5 Å². The van der Waals surface area contributed by atoms with E-state index in [2.05, 4.69) is 11.1 Å². The Bertz CT molecular complexity index is 494. The topological polar surface area (TPSA) is 38.9 Å². The second-order valence-corrected chi connectivity index (χ2v) is 5.77. The summed E-state index contributed by atoms with van der Waals surface area (Å²) in [6, 6.07) is 12.0. The highest BCUT2D eigenvalue weighted by molar-refractivity contribution is 7.99. The Labute approximate surface area is 117 Å². The number of nitrogens with zero attached hydrogens (tertiary/aromatic N) is 1. The van der Waals surface area contributed by atoms with Gasteiger partial charge in [-0.1, -0.05) is 29.4 Å². The summed E-state index contributed by atoms with van der Waals surface area (Å²) in [6.07, 6.45) is 2.75. The van der Waals surface area contributed by atoms with Crippen molar-refractivity contribution >= 4 is 23.4 Å². The van der Waals surface area contributed by atoms with Crippen LogP contribution in [0.25, 0.3) is 0 Å². The first-order valence-corrected chi connectivity index (χ1v) is 6.97. The first-order chi connectivity index (χ1) is 8.63. The first kappa shape index (κ1) is 13.4. The molecule has 18 heavy (non-hydrogen) atoms. The van der Waals surface area contributed by atoms with Crippen LogP contribution in [-0.2, 0) is 6.42 Å². The van der Waals surface area contributed by atoms with E-state index >= 15 is 0 Å². The lowest BCUT2D eigenvalue weighted by Crippen LogP contribution is -2.17. The van der Waals surface area contributed by atoms with Crippen LogP contribution >= 0.6 is 23.4 Å². The van der Waals surface area contributed by atoms with Crippen LogP contribution < -0.4 is 5.73 Å². The van der Waals surface area contributed by atoms with Crippen molar-refractivity contribution < 1.29 is 0 Å². The highest BCUT2D eigenvalue weighted by atomic mass is 35.5. The lowest BCUT2D eigenvalue weighted by molar-refractivity contribution is 0.734. The molecule has 0 spiro atoms. The summed E-state index contributed by atoms with van der Waals surface area (Å²) in [6.45, 7) is 2.00. The summed E-state index contributed by atoms with van der Waals surface area (Å²) in [5, 5.41) is 1.73. The molecule has 1 unspecified atom stereocenters. The molecule has 0 amide bonds. The SMILES string of the molecule is CC(N)Cc1ccc(Sc2ccc(Cl)cc2)nc1. The Balaban J connectivity index is 2.04. The van der Waals surface area contributed by atoms with E-state index in [0.29, 0.717) is 0 Å². The number of benzene rings is 1. The quantitative estimate of drug-likeness (QED) is 0.925. The average molecular weight is 279 g/mol. The van der Waals surface area contributed by atoms with Crippen molar-refractivity contribution in [2.24, 2.45) is 5.73 Å². The van der Waals surface area contributed by atoms with Gasteiger partial charge in [-0.05, 0) is 49.2 Å². The molecule has 0 saturated carbocycles. The van der Waals surface area contributed by atoms with Crippen molar-refractivity contribution in [3.05, 3.63) is 53.2 Å². The number of pyridine rings is 1. The third-order valence-corrected chi connectivity index (χ3v) is 3.60. The smallest absolute Gasteiger partial charge is 0.101 e. The monoisotopic (exact) mass is 278 g/mol. The van der Waals surface area contributed by atoms with E-state index in [1.807, 2.05) is 43.5 Å². The van der Waals surface area contributed by atoms with E-state index in [1.54, 1.807) is 11.8 Å². The minimum Gasteiger partial charge on any atom is -0.328 e. The van der Waals surface area contributed by atoms with Gasteiger partial charge in [-0.25, -0.2) is 4.98 Å². The fourth-order valence-corrected chi connectivity index (χ4v) is 2.47. The van der Waals surface area contributed by atoms with E-state index in [4.69, 9.17) is 17.3 Å². The molecule has 0 aliphatic heterocycles. The van der Waals surface area contributed by atoms with Crippen LogP contribution in [0.2, 0.25) is 5.02 Å². The molecule has 2 rings (SSSR count). The van der Waals surface area contributed by atoms with Crippen LogP contribution in [-0.4, -0.2) is 11.0 Å². The number of hydrogen-bond acceptors (Lipinski definition) is 3. The van der Waals surface area contributed by atoms with Gasteiger partial charge < -0.3 is 5.73 Å². The molecule has 0 radical (unpaired) electrons. The summed E-state index contributed by atoms with van der Waals surface area (Å²) in [5.41, 5.74) is 6.93. The van der Waals surface area contributed by atoms with Gasteiger partial charge in [0.15, 0.2) is 0 Å². The molecule has 1 atom stereocenters. The number of aromatic nitrogens is 1. The fraction of sp³-hybridized carbons (Fsp3) is 0.214. The molecule has 0 saturated heterocycles. The number of nitrogens with two attached hydrogens (primary N) is 1. The van der Waals surface area contributed by atoms with Crippen molar-refractivity contribution in [3.8, 4) is 0 Å². The summed E-state index contributed by atoms with van der Waals surface area (Å²) in [4.78, 5) is 5.56. The Morgan fingerprint density at radius 1 is 1.22 bits per heavy atom. The minimum atomic E-state index is 0.168. The minimum absolute atomic E-state index is 0.168. The molecule has 4 heteroatoms. The molecule has 0 aliphatic carbocycles. The predicted molar refractivity (Wildman–Crippen MR) is 77.2 cm³/mol. The van der Waals surface area contributed by atoms with Gasteiger partial charge >= 0.3 is 0 Å². The summed E-state index contributed by atoms with van der Waals surface area (Å²) < 4.78 is 0. The maximum atomic E-state index is 5.85. The standard InChI is InChI=1S/C14H15ClN2S/c1-10(16)8-11-2-7-14(17-9-11)18-13-5-3-12(15)4-6-13/h2-7,9-10H,8,16H2,1H3. The van der Waals surface area contributed by atoms with Crippen molar-refractivity contribution in [2.75, 3.05) is 0 Å². The third kappa shape index (κ3) is 4.02. The molecule has 0 aliphatic rings. The highest BCUT2D eigenvalue weighted by Crippen LogP contribution is 2.27. The van der Waals surface area contributed by atoms with Gasteiger partial charge in [-0.15, -0.1) is 0 Å². The molecule has 1 heterocycles. The van der Waals surface area contributed by atoms with Crippen LogP contribution in [0.1, 0.15) is 12.5 Å². The molecule has 2 N–H and O–H groups in total. The molecular weight excluding hydrogens is 264 g/mol. The third-order valence-electron chi connectivity index (χ3n) is 2.39. The Kier molecular flexibility index (Phi) is 4.64. The number of halogens is 1. The van der Waals surface area contributed by atoms with Crippen LogP contribution in [0.5, 0.6) is 0 Å². The average Bonchev–Trinajstić information content (AvgIpc) is 2.34. The normalized spacial score (nSPS) is 12.4. The van der Waals surface area contributed by atoms with E-state index in [-0.39, 0.29) is 6.04 Å². The van der Waals surface area contributed by atoms with Gasteiger partial charge in [0.25, 0.3) is 0 Å². The first-order valence-electron chi connectivity index (χ1n) is 5.77. The van der Waals surface area contributed by atoms with Gasteiger partial charge in [0.1, 0.15) is 5.03 Å². The Hall–Kier alpha value is -1.03. The lowest BCUT2D eigenvalue weighted by Gasteiger charge is -2.06. The molecule has 1 aromatic heterocycles. The molecule has 2 nitrogen and oxygen atoms in total. The lowest BCUT2D eigenvalue weighted by atomic mass is 10.1. The molecule has 0 bridgehead atoms. The van der Waals surface area contributed by atoms with Gasteiger partial charge in [-0.3, -0.25) is 0 Å². The van der Waals surface area contributed by atoms with E-state index < -0.39 is 0 Å². The largest absolute Gasteiger partial charge is 0.328 e. The van der Waals surface area contributed by atoms with Crippen molar-refractivity contribution in [2.45, 2.75) is 29.3 Å². The molecule has 1 aromatic carbocycles. The molecule has 0 fully saturated rings. The van der Waals surface area contributed by atoms with Crippen LogP contribution in [0.4, 0.5) is 0 Å². The zero-order chi connectivity index (χ0) is 13.0. The van der Waals surface area contributed by atoms with Crippen LogP contribution in [0, 0.1) is 0 Å². The summed E-state index contributed by atoms with van der Waals surface area (Å²) in [7, 11) is 0. The predicted octanol–water partition coefficient (Wildman–Crippen LogP) is 3.78. The maximum absolute atomic E-state index is 5.85. The van der Waals surface area contributed by atoms with E-state index in [1.165, 1.54) is 5.56 Å². The Morgan fingerprint density at radius 3 is 2.50 bits per heavy atom. The summed E-state index contributed by atoms with van der Waals surface area (Å²) in [5.74, 6) is 0. The maximum Gasteiger partial charge on any atom is 0.101 e. The van der Waals surface area contributed by atoms with Gasteiger partial charge in [0, 0.05) is 22.2 Å². The van der Waals surface area contributed by atoms with Gasteiger partial charge in [-0.2, -0.15) is 0 Å².